The standard InChI is InChI=1S/C20H23NO/c1-17(20-13-8-14-22-20)21(15-18-9-4-2-5-10-18)16-19-11-6-3-7-12-19/h2-13,17,20H,14-16H2,1H3/t17-,20-/m0/s1. The molecule has 1 heterocycles. The maximum atomic E-state index is 5.82. The van der Waals surface area contributed by atoms with Crippen molar-refractivity contribution in [3.05, 3.63) is 83.9 Å². The van der Waals surface area contributed by atoms with E-state index < -0.39 is 0 Å². The van der Waals surface area contributed by atoms with E-state index in [1.54, 1.807) is 0 Å². The van der Waals surface area contributed by atoms with Gasteiger partial charge in [-0.2, -0.15) is 0 Å². The van der Waals surface area contributed by atoms with Crippen molar-refractivity contribution in [2.75, 3.05) is 6.61 Å². The molecule has 114 valence electrons. The zero-order valence-corrected chi connectivity index (χ0v) is 13.1. The minimum atomic E-state index is 0.187. The van der Waals surface area contributed by atoms with Crippen LogP contribution in [0.15, 0.2) is 72.8 Å². The number of hydrogen-bond donors (Lipinski definition) is 0. The van der Waals surface area contributed by atoms with Gasteiger partial charge < -0.3 is 4.74 Å². The van der Waals surface area contributed by atoms with Gasteiger partial charge in [-0.25, -0.2) is 0 Å². The molecule has 3 rings (SSSR count). The van der Waals surface area contributed by atoms with Crippen LogP contribution in [0.3, 0.4) is 0 Å². The monoisotopic (exact) mass is 293 g/mol. The lowest BCUT2D eigenvalue weighted by Gasteiger charge is -2.32. The molecular weight excluding hydrogens is 270 g/mol. The highest BCUT2D eigenvalue weighted by atomic mass is 16.5. The molecule has 2 aromatic carbocycles. The zero-order chi connectivity index (χ0) is 15.2. The topological polar surface area (TPSA) is 12.5 Å². The summed E-state index contributed by atoms with van der Waals surface area (Å²) in [6.07, 6.45) is 4.49. The van der Waals surface area contributed by atoms with Gasteiger partial charge in [0.25, 0.3) is 0 Å². The first kappa shape index (κ1) is 15.0. The Morgan fingerprint density at radius 3 is 1.95 bits per heavy atom. The van der Waals surface area contributed by atoms with Crippen molar-refractivity contribution in [1.82, 2.24) is 4.90 Å². The van der Waals surface area contributed by atoms with Crippen LogP contribution in [0.4, 0.5) is 0 Å². The molecule has 0 saturated carbocycles. The fourth-order valence-corrected chi connectivity index (χ4v) is 2.90. The molecule has 1 aliphatic heterocycles. The van der Waals surface area contributed by atoms with Gasteiger partial charge in [0.15, 0.2) is 0 Å². The second-order valence-corrected chi connectivity index (χ2v) is 5.84. The van der Waals surface area contributed by atoms with Gasteiger partial charge in [0.05, 0.1) is 12.7 Å². The average Bonchev–Trinajstić information content (AvgIpc) is 3.10. The predicted molar refractivity (Wildman–Crippen MR) is 90.5 cm³/mol. The maximum absolute atomic E-state index is 5.82. The summed E-state index contributed by atoms with van der Waals surface area (Å²) in [4.78, 5) is 2.49. The number of rotatable bonds is 6. The smallest absolute Gasteiger partial charge is 0.0913 e. The lowest BCUT2D eigenvalue weighted by atomic mass is 10.1. The lowest BCUT2D eigenvalue weighted by molar-refractivity contribution is 0.0388. The molecule has 22 heavy (non-hydrogen) atoms. The van der Waals surface area contributed by atoms with E-state index in [9.17, 15) is 0 Å². The molecule has 0 fully saturated rings. The van der Waals surface area contributed by atoms with Crippen molar-refractivity contribution in [2.24, 2.45) is 0 Å². The molecule has 2 atom stereocenters. The van der Waals surface area contributed by atoms with E-state index in [1.807, 2.05) is 0 Å². The Bertz CT molecular complexity index is 552. The molecule has 1 aliphatic rings. The quantitative estimate of drug-likeness (QED) is 0.746. The van der Waals surface area contributed by atoms with E-state index in [1.165, 1.54) is 11.1 Å². The third kappa shape index (κ3) is 3.85. The largest absolute Gasteiger partial charge is 0.368 e. The van der Waals surface area contributed by atoms with Gasteiger partial charge in [-0.05, 0) is 18.1 Å². The minimum absolute atomic E-state index is 0.187. The molecule has 2 nitrogen and oxygen atoms in total. The zero-order valence-electron chi connectivity index (χ0n) is 13.1. The number of benzene rings is 2. The summed E-state index contributed by atoms with van der Waals surface area (Å²) in [5, 5.41) is 0. The molecule has 0 bridgehead atoms. The summed E-state index contributed by atoms with van der Waals surface area (Å²) >= 11 is 0. The lowest BCUT2D eigenvalue weighted by Crippen LogP contribution is -2.40. The number of nitrogens with zero attached hydrogens (tertiary/aromatic N) is 1. The molecule has 0 aliphatic carbocycles. The first-order valence-electron chi connectivity index (χ1n) is 7.93. The second-order valence-electron chi connectivity index (χ2n) is 5.84. The molecule has 0 unspecified atom stereocenters. The summed E-state index contributed by atoms with van der Waals surface area (Å²) < 4.78 is 5.82. The predicted octanol–water partition coefficient (Wildman–Crippen LogP) is 4.03. The summed E-state index contributed by atoms with van der Waals surface area (Å²) in [6, 6.07) is 21.7. The summed E-state index contributed by atoms with van der Waals surface area (Å²) in [5.41, 5.74) is 2.68. The van der Waals surface area contributed by atoms with Gasteiger partial charge in [0.2, 0.25) is 0 Å². The molecular formula is C20H23NO. The van der Waals surface area contributed by atoms with Crippen molar-refractivity contribution < 1.29 is 4.74 Å². The first-order chi connectivity index (χ1) is 10.8. The van der Waals surface area contributed by atoms with E-state index in [2.05, 4.69) is 84.6 Å². The van der Waals surface area contributed by atoms with Crippen molar-refractivity contribution >= 4 is 0 Å². The van der Waals surface area contributed by atoms with Crippen molar-refractivity contribution in [2.45, 2.75) is 32.2 Å². The molecule has 0 N–H and O–H groups in total. The Morgan fingerprint density at radius 2 is 1.50 bits per heavy atom. The summed E-state index contributed by atoms with van der Waals surface area (Å²) in [6.45, 7) is 4.86. The molecule has 0 radical (unpaired) electrons. The Kier molecular flexibility index (Phi) is 5.04. The third-order valence-corrected chi connectivity index (χ3v) is 4.22. The van der Waals surface area contributed by atoms with Gasteiger partial charge in [0.1, 0.15) is 0 Å². The minimum Gasteiger partial charge on any atom is -0.368 e. The van der Waals surface area contributed by atoms with Crippen LogP contribution in [-0.2, 0) is 17.8 Å². The number of hydrogen-bond acceptors (Lipinski definition) is 2. The highest BCUT2D eigenvalue weighted by Crippen LogP contribution is 2.19. The summed E-state index contributed by atoms with van der Waals surface area (Å²) in [7, 11) is 0. The van der Waals surface area contributed by atoms with Gasteiger partial charge in [-0.15, -0.1) is 0 Å². The SMILES string of the molecule is C[C@@H]([C@@H]1C=CCO1)N(Cc1ccccc1)Cc1ccccc1. The van der Waals surface area contributed by atoms with E-state index in [0.717, 1.165) is 19.7 Å². The van der Waals surface area contributed by atoms with Crippen LogP contribution >= 0.6 is 0 Å². The van der Waals surface area contributed by atoms with Crippen LogP contribution in [0, 0.1) is 0 Å². The second kappa shape index (κ2) is 7.39. The fourth-order valence-electron chi connectivity index (χ4n) is 2.90. The van der Waals surface area contributed by atoms with E-state index in [0.29, 0.717) is 6.04 Å². The van der Waals surface area contributed by atoms with Crippen LogP contribution in [0.5, 0.6) is 0 Å². The summed E-state index contributed by atoms with van der Waals surface area (Å²) in [5.74, 6) is 0. The van der Waals surface area contributed by atoms with Crippen LogP contribution in [0.25, 0.3) is 0 Å². The highest BCUT2D eigenvalue weighted by molar-refractivity contribution is 5.18. The number of ether oxygens (including phenoxy) is 1. The highest BCUT2D eigenvalue weighted by Gasteiger charge is 2.24. The van der Waals surface area contributed by atoms with Crippen LogP contribution in [0.2, 0.25) is 0 Å². The molecule has 0 spiro atoms. The van der Waals surface area contributed by atoms with Crippen molar-refractivity contribution in [1.29, 1.82) is 0 Å². The van der Waals surface area contributed by atoms with Crippen LogP contribution in [-0.4, -0.2) is 23.7 Å². The Balaban J connectivity index is 1.76. The van der Waals surface area contributed by atoms with Gasteiger partial charge in [0, 0.05) is 19.1 Å². The molecule has 2 heteroatoms. The first-order valence-corrected chi connectivity index (χ1v) is 7.93. The molecule has 0 aromatic heterocycles. The molecule has 2 aromatic rings. The van der Waals surface area contributed by atoms with E-state index in [-0.39, 0.29) is 6.10 Å². The normalized spacial score (nSPS) is 18.7. The van der Waals surface area contributed by atoms with Gasteiger partial charge in [-0.1, -0.05) is 72.8 Å². The van der Waals surface area contributed by atoms with E-state index in [4.69, 9.17) is 4.74 Å². The molecule has 0 saturated heterocycles. The van der Waals surface area contributed by atoms with Gasteiger partial charge in [-0.3, -0.25) is 4.90 Å². The Hall–Kier alpha value is -1.90. The van der Waals surface area contributed by atoms with Gasteiger partial charge >= 0.3 is 0 Å². The van der Waals surface area contributed by atoms with Crippen molar-refractivity contribution in [3.63, 3.8) is 0 Å². The van der Waals surface area contributed by atoms with E-state index >= 15 is 0 Å². The Labute approximate surface area is 133 Å². The fraction of sp³-hybridized carbons (Fsp3) is 0.300. The van der Waals surface area contributed by atoms with Crippen LogP contribution < -0.4 is 0 Å². The average molecular weight is 293 g/mol. The van der Waals surface area contributed by atoms with Crippen LogP contribution in [0.1, 0.15) is 18.1 Å². The molecule has 0 amide bonds. The Morgan fingerprint density at radius 1 is 0.955 bits per heavy atom. The third-order valence-electron chi connectivity index (χ3n) is 4.22. The van der Waals surface area contributed by atoms with Crippen molar-refractivity contribution in [3.8, 4) is 0 Å². The maximum Gasteiger partial charge on any atom is 0.0913 e.